The molecule has 172 valence electrons. The van der Waals surface area contributed by atoms with Crippen LogP contribution in [0.4, 0.5) is 5.69 Å². The maximum Gasteiger partial charge on any atom is 0.345 e. The third-order valence-electron chi connectivity index (χ3n) is 5.81. The lowest BCUT2D eigenvalue weighted by molar-refractivity contribution is 0.0523. The molecule has 0 saturated carbocycles. The van der Waals surface area contributed by atoms with Crippen LogP contribution >= 0.6 is 23.2 Å². The van der Waals surface area contributed by atoms with Crippen LogP contribution in [0.1, 0.15) is 27.6 Å². The van der Waals surface area contributed by atoms with Gasteiger partial charge in [-0.15, -0.1) is 0 Å². The van der Waals surface area contributed by atoms with Gasteiger partial charge in [-0.05, 0) is 31.2 Å². The van der Waals surface area contributed by atoms with E-state index in [1.807, 2.05) is 29.2 Å². The number of aromatic nitrogens is 1. The van der Waals surface area contributed by atoms with Crippen LogP contribution in [0.3, 0.4) is 0 Å². The number of para-hydroxylation sites is 1. The zero-order valence-corrected chi connectivity index (χ0v) is 19.8. The van der Waals surface area contributed by atoms with E-state index in [0.29, 0.717) is 47.5 Å². The summed E-state index contributed by atoms with van der Waals surface area (Å²) in [6.45, 7) is 3.62. The van der Waals surface area contributed by atoms with Crippen LogP contribution in [-0.2, 0) is 11.8 Å². The van der Waals surface area contributed by atoms with Gasteiger partial charge in [0.15, 0.2) is 0 Å². The van der Waals surface area contributed by atoms with Crippen molar-refractivity contribution in [1.82, 2.24) is 9.47 Å². The fourth-order valence-electron chi connectivity index (χ4n) is 4.14. The third-order valence-corrected chi connectivity index (χ3v) is 6.54. The maximum atomic E-state index is 13.1. The van der Waals surface area contributed by atoms with Gasteiger partial charge in [0, 0.05) is 44.2 Å². The number of fused-ring (bicyclic) bond motifs is 1. The van der Waals surface area contributed by atoms with Gasteiger partial charge in [0.1, 0.15) is 5.56 Å². The normalized spacial score (nSPS) is 13.9. The Labute approximate surface area is 201 Å². The standard InChI is InChI=1S/C24H23Cl2N3O4/c1-3-33-24(32)20-21(16-6-4-5-7-19(16)27(2)23(20)31)28-10-12-29(13-11-28)22(30)15-8-9-17(25)18(26)14-15/h4-9,14H,3,10-13H2,1-2H3. The molecule has 2 heterocycles. The Morgan fingerprint density at radius 2 is 1.70 bits per heavy atom. The van der Waals surface area contributed by atoms with Gasteiger partial charge in [-0.3, -0.25) is 9.59 Å². The summed E-state index contributed by atoms with van der Waals surface area (Å²) in [5.74, 6) is -0.791. The fourth-order valence-corrected chi connectivity index (χ4v) is 4.44. The lowest BCUT2D eigenvalue weighted by Gasteiger charge is -2.37. The van der Waals surface area contributed by atoms with E-state index in [2.05, 4.69) is 0 Å². The lowest BCUT2D eigenvalue weighted by Crippen LogP contribution is -2.49. The first-order chi connectivity index (χ1) is 15.8. The Kier molecular flexibility index (Phi) is 6.63. The average molecular weight is 488 g/mol. The molecule has 33 heavy (non-hydrogen) atoms. The maximum absolute atomic E-state index is 13.1. The van der Waals surface area contributed by atoms with Crippen LogP contribution in [0.25, 0.3) is 10.9 Å². The number of nitrogens with zero attached hydrogens (tertiary/aromatic N) is 3. The lowest BCUT2D eigenvalue weighted by atomic mass is 10.1. The molecule has 9 heteroatoms. The van der Waals surface area contributed by atoms with E-state index in [4.69, 9.17) is 27.9 Å². The van der Waals surface area contributed by atoms with Crippen LogP contribution in [0.15, 0.2) is 47.3 Å². The summed E-state index contributed by atoms with van der Waals surface area (Å²) in [7, 11) is 1.64. The molecule has 0 spiro atoms. The SMILES string of the molecule is CCOC(=O)c1c(N2CCN(C(=O)c3ccc(Cl)c(Cl)c3)CC2)c2ccccc2n(C)c1=O. The average Bonchev–Trinajstić information content (AvgIpc) is 2.82. The predicted octanol–water partition coefficient (Wildman–Crippen LogP) is 3.98. The van der Waals surface area contributed by atoms with Gasteiger partial charge >= 0.3 is 5.97 Å². The molecule has 2 aromatic carbocycles. The highest BCUT2D eigenvalue weighted by atomic mass is 35.5. The highest BCUT2D eigenvalue weighted by molar-refractivity contribution is 6.42. The number of carbonyl (C=O) groups is 2. The fraction of sp³-hybridized carbons (Fsp3) is 0.292. The monoisotopic (exact) mass is 487 g/mol. The van der Waals surface area contributed by atoms with Gasteiger partial charge in [0.25, 0.3) is 11.5 Å². The van der Waals surface area contributed by atoms with Crippen molar-refractivity contribution in [2.45, 2.75) is 6.92 Å². The van der Waals surface area contributed by atoms with Gasteiger partial charge in [-0.25, -0.2) is 4.79 Å². The smallest absolute Gasteiger partial charge is 0.345 e. The summed E-state index contributed by atoms with van der Waals surface area (Å²) < 4.78 is 6.68. The first-order valence-electron chi connectivity index (χ1n) is 10.6. The second kappa shape index (κ2) is 9.45. The summed E-state index contributed by atoms with van der Waals surface area (Å²) >= 11 is 12.0. The molecule has 0 aliphatic carbocycles. The number of hydrogen-bond donors (Lipinski definition) is 0. The van der Waals surface area contributed by atoms with E-state index in [1.54, 1.807) is 37.1 Å². The zero-order valence-electron chi connectivity index (χ0n) is 18.3. The summed E-state index contributed by atoms with van der Waals surface area (Å²) in [4.78, 5) is 42.6. The molecule has 1 fully saturated rings. The summed E-state index contributed by atoms with van der Waals surface area (Å²) in [5.41, 5.74) is 1.34. The molecule has 0 N–H and O–H groups in total. The highest BCUT2D eigenvalue weighted by Crippen LogP contribution is 2.30. The van der Waals surface area contributed by atoms with Crippen molar-refractivity contribution in [3.63, 3.8) is 0 Å². The first-order valence-corrected chi connectivity index (χ1v) is 11.4. The molecule has 1 aliphatic heterocycles. The Morgan fingerprint density at radius 3 is 2.36 bits per heavy atom. The van der Waals surface area contributed by atoms with Gasteiger partial charge in [-0.1, -0.05) is 41.4 Å². The largest absolute Gasteiger partial charge is 0.462 e. The number of aryl methyl sites for hydroxylation is 1. The number of rotatable bonds is 4. The highest BCUT2D eigenvalue weighted by Gasteiger charge is 2.29. The van der Waals surface area contributed by atoms with Crippen molar-refractivity contribution in [3.05, 3.63) is 74.0 Å². The van der Waals surface area contributed by atoms with E-state index in [1.165, 1.54) is 4.57 Å². The van der Waals surface area contributed by atoms with Crippen LogP contribution in [0.5, 0.6) is 0 Å². The van der Waals surface area contributed by atoms with Crippen molar-refractivity contribution in [2.24, 2.45) is 7.05 Å². The Bertz CT molecular complexity index is 1300. The molecule has 0 radical (unpaired) electrons. The number of hydrogen-bond acceptors (Lipinski definition) is 5. The van der Waals surface area contributed by atoms with E-state index < -0.39 is 11.5 Å². The molecule has 4 rings (SSSR count). The van der Waals surface area contributed by atoms with Gasteiger partial charge in [-0.2, -0.15) is 0 Å². The number of piperazine rings is 1. The van der Waals surface area contributed by atoms with Crippen LogP contribution in [-0.4, -0.2) is 54.1 Å². The first kappa shape index (κ1) is 23.1. The van der Waals surface area contributed by atoms with Crippen LogP contribution in [0, 0.1) is 0 Å². The van der Waals surface area contributed by atoms with Crippen LogP contribution in [0.2, 0.25) is 10.0 Å². The molecule has 0 bridgehead atoms. The molecule has 1 amide bonds. The quantitative estimate of drug-likeness (QED) is 0.520. The second-order valence-electron chi connectivity index (χ2n) is 7.73. The van der Waals surface area contributed by atoms with E-state index in [9.17, 15) is 14.4 Å². The molecular weight excluding hydrogens is 465 g/mol. The number of carbonyl (C=O) groups excluding carboxylic acids is 2. The minimum atomic E-state index is -0.645. The van der Waals surface area contributed by atoms with E-state index in [0.717, 1.165) is 10.9 Å². The van der Waals surface area contributed by atoms with E-state index in [-0.39, 0.29) is 18.1 Å². The number of anilines is 1. The Morgan fingerprint density at radius 1 is 1.00 bits per heavy atom. The minimum absolute atomic E-state index is 0.0160. The number of halogens is 2. The third kappa shape index (κ3) is 4.30. The molecule has 1 aliphatic rings. The molecule has 1 aromatic heterocycles. The Hall–Kier alpha value is -3.03. The molecule has 1 saturated heterocycles. The number of benzene rings is 2. The summed E-state index contributed by atoms with van der Waals surface area (Å²) in [5, 5.41) is 1.50. The van der Waals surface area contributed by atoms with Crippen LogP contribution < -0.4 is 10.5 Å². The Balaban J connectivity index is 1.68. The molecular formula is C24H23Cl2N3O4. The molecule has 3 aromatic rings. The van der Waals surface area contributed by atoms with Crippen molar-refractivity contribution >= 4 is 51.7 Å². The van der Waals surface area contributed by atoms with Crippen molar-refractivity contribution in [1.29, 1.82) is 0 Å². The summed E-state index contributed by atoms with van der Waals surface area (Å²) in [6.07, 6.45) is 0. The van der Waals surface area contributed by atoms with Gasteiger partial charge in [0.2, 0.25) is 0 Å². The molecule has 0 atom stereocenters. The number of ether oxygens (including phenoxy) is 1. The van der Waals surface area contributed by atoms with Crippen molar-refractivity contribution < 1.29 is 14.3 Å². The predicted molar refractivity (Wildman–Crippen MR) is 130 cm³/mol. The minimum Gasteiger partial charge on any atom is -0.462 e. The topological polar surface area (TPSA) is 71.8 Å². The second-order valence-corrected chi connectivity index (χ2v) is 8.55. The van der Waals surface area contributed by atoms with Gasteiger partial charge < -0.3 is 19.1 Å². The van der Waals surface area contributed by atoms with E-state index >= 15 is 0 Å². The molecule has 0 unspecified atom stereocenters. The summed E-state index contributed by atoms with van der Waals surface area (Å²) in [6, 6.07) is 12.3. The van der Waals surface area contributed by atoms with Gasteiger partial charge in [0.05, 0.1) is 27.9 Å². The number of esters is 1. The molecule has 7 nitrogen and oxygen atoms in total. The zero-order chi connectivity index (χ0) is 23.7. The van der Waals surface area contributed by atoms with Crippen molar-refractivity contribution in [3.8, 4) is 0 Å². The number of pyridine rings is 1. The van der Waals surface area contributed by atoms with Crippen molar-refractivity contribution in [2.75, 3.05) is 37.7 Å². The number of amides is 1.